The summed E-state index contributed by atoms with van der Waals surface area (Å²) in [5, 5.41) is 8.45. The van der Waals surface area contributed by atoms with E-state index in [1.807, 2.05) is 4.98 Å². The first kappa shape index (κ1) is 10.3. The molecule has 6 heteroatoms. The van der Waals surface area contributed by atoms with Gasteiger partial charge in [0.15, 0.2) is 0 Å². The van der Waals surface area contributed by atoms with Gasteiger partial charge >= 0.3 is 6.18 Å². The van der Waals surface area contributed by atoms with Crippen LogP contribution >= 0.6 is 0 Å². The van der Waals surface area contributed by atoms with Gasteiger partial charge < -0.3 is 4.98 Å². The van der Waals surface area contributed by atoms with Gasteiger partial charge in [-0.1, -0.05) is 0 Å². The van der Waals surface area contributed by atoms with Crippen molar-refractivity contribution in [1.29, 1.82) is 5.26 Å². The lowest BCUT2D eigenvalue weighted by Gasteiger charge is -2.09. The van der Waals surface area contributed by atoms with Crippen LogP contribution in [0.2, 0.25) is 0 Å². The fraction of sp³-hybridized carbons (Fsp3) is 0.250. The molecule has 3 nitrogen and oxygen atoms in total. The molecule has 0 fully saturated rings. The van der Waals surface area contributed by atoms with Crippen LogP contribution in [0.1, 0.15) is 16.7 Å². The number of nitriles is 1. The largest absolute Gasteiger partial charge is 0.418 e. The summed E-state index contributed by atoms with van der Waals surface area (Å²) in [6, 6.07) is 1.43. The number of H-pyrrole nitrogens is 1. The summed E-state index contributed by atoms with van der Waals surface area (Å²) in [6.45, 7) is 1.09. The number of rotatable bonds is 0. The summed E-state index contributed by atoms with van der Waals surface area (Å²) in [5.41, 5.74) is -2.64. The zero-order valence-corrected chi connectivity index (χ0v) is 7.07. The van der Waals surface area contributed by atoms with Gasteiger partial charge in [-0.25, -0.2) is 0 Å². The van der Waals surface area contributed by atoms with Gasteiger partial charge in [-0.05, 0) is 12.5 Å². The van der Waals surface area contributed by atoms with Crippen LogP contribution in [0.4, 0.5) is 13.2 Å². The van der Waals surface area contributed by atoms with Crippen LogP contribution in [0, 0.1) is 18.3 Å². The molecule has 0 saturated carbocycles. The average Bonchev–Trinajstić information content (AvgIpc) is 2.02. The van der Waals surface area contributed by atoms with Crippen LogP contribution in [0.3, 0.4) is 0 Å². The molecule has 0 aliphatic heterocycles. The number of halogens is 3. The molecule has 1 heterocycles. The van der Waals surface area contributed by atoms with Crippen LogP contribution in [-0.4, -0.2) is 4.98 Å². The third-order valence-electron chi connectivity index (χ3n) is 1.77. The van der Waals surface area contributed by atoms with Gasteiger partial charge in [0, 0.05) is 6.20 Å². The van der Waals surface area contributed by atoms with E-state index in [1.54, 1.807) is 0 Å². The zero-order chi connectivity index (χ0) is 10.9. The quantitative estimate of drug-likeness (QED) is 0.694. The van der Waals surface area contributed by atoms with Gasteiger partial charge in [-0.3, -0.25) is 4.79 Å². The molecule has 0 aliphatic carbocycles. The normalized spacial score (nSPS) is 11.1. The maximum absolute atomic E-state index is 12.3. The SMILES string of the molecule is Cc1c(C(F)(F)F)c[nH]c(=O)c1C#N. The van der Waals surface area contributed by atoms with E-state index >= 15 is 0 Å². The Hall–Kier alpha value is -1.77. The minimum absolute atomic E-state index is 0.344. The van der Waals surface area contributed by atoms with Crippen molar-refractivity contribution in [3.05, 3.63) is 33.2 Å². The summed E-state index contributed by atoms with van der Waals surface area (Å²) in [6.07, 6.45) is -3.99. The molecule has 1 N–H and O–H groups in total. The van der Waals surface area contributed by atoms with Crippen molar-refractivity contribution in [2.24, 2.45) is 0 Å². The first-order chi connectivity index (χ1) is 6.38. The molecule has 74 valence electrons. The van der Waals surface area contributed by atoms with Crippen molar-refractivity contribution in [1.82, 2.24) is 4.98 Å². The van der Waals surface area contributed by atoms with Crippen molar-refractivity contribution in [2.75, 3.05) is 0 Å². The zero-order valence-electron chi connectivity index (χ0n) is 7.07. The van der Waals surface area contributed by atoms with Gasteiger partial charge in [0.1, 0.15) is 11.6 Å². The summed E-state index contributed by atoms with van der Waals surface area (Å²) in [4.78, 5) is 12.8. The van der Waals surface area contributed by atoms with Gasteiger partial charge in [0.25, 0.3) is 5.56 Å². The fourth-order valence-corrected chi connectivity index (χ4v) is 1.05. The van der Waals surface area contributed by atoms with E-state index in [2.05, 4.69) is 0 Å². The molecule has 1 aromatic heterocycles. The van der Waals surface area contributed by atoms with E-state index in [9.17, 15) is 18.0 Å². The molecule has 0 unspecified atom stereocenters. The summed E-state index contributed by atoms with van der Waals surface area (Å²) >= 11 is 0. The number of hydrogen-bond acceptors (Lipinski definition) is 2. The van der Waals surface area contributed by atoms with E-state index in [-0.39, 0.29) is 5.56 Å². The van der Waals surface area contributed by atoms with Crippen LogP contribution in [0.25, 0.3) is 0 Å². The lowest BCUT2D eigenvalue weighted by Crippen LogP contribution is -2.18. The maximum atomic E-state index is 12.3. The molecular formula is C8H5F3N2O. The van der Waals surface area contributed by atoms with E-state index in [0.29, 0.717) is 6.20 Å². The van der Waals surface area contributed by atoms with Gasteiger partial charge in [-0.15, -0.1) is 0 Å². The topological polar surface area (TPSA) is 56.6 Å². The molecule has 0 bridgehead atoms. The maximum Gasteiger partial charge on any atom is 0.418 e. The highest BCUT2D eigenvalue weighted by atomic mass is 19.4. The third-order valence-corrected chi connectivity index (χ3v) is 1.77. The smallest absolute Gasteiger partial charge is 0.327 e. The number of pyridine rings is 1. The number of aromatic amines is 1. The number of nitrogens with one attached hydrogen (secondary N) is 1. The molecule has 1 aromatic rings. The molecule has 1 rings (SSSR count). The first-order valence-corrected chi connectivity index (χ1v) is 3.57. The van der Waals surface area contributed by atoms with E-state index in [0.717, 1.165) is 6.92 Å². The van der Waals surface area contributed by atoms with Crippen molar-refractivity contribution < 1.29 is 13.2 Å². The Morgan fingerprint density at radius 3 is 2.50 bits per heavy atom. The molecule has 0 saturated heterocycles. The first-order valence-electron chi connectivity index (χ1n) is 3.57. The minimum atomic E-state index is -4.56. The summed E-state index contributed by atoms with van der Waals surface area (Å²) in [5.74, 6) is 0. The molecule has 0 aromatic carbocycles. The number of alkyl halides is 3. The lowest BCUT2D eigenvalue weighted by molar-refractivity contribution is -0.138. The standard InChI is InChI=1S/C8H5F3N2O/c1-4-5(2-12)7(14)13-3-6(4)8(9,10)11/h3H,1H3,(H,13,14). The second-order valence-corrected chi connectivity index (χ2v) is 2.64. The van der Waals surface area contributed by atoms with Crippen molar-refractivity contribution >= 4 is 0 Å². The Labute approximate surface area is 76.8 Å². The number of hydrogen-bond donors (Lipinski definition) is 1. The van der Waals surface area contributed by atoms with Crippen molar-refractivity contribution in [2.45, 2.75) is 13.1 Å². The predicted molar refractivity (Wildman–Crippen MR) is 41.5 cm³/mol. The number of nitrogens with zero attached hydrogens (tertiary/aromatic N) is 1. The number of aromatic nitrogens is 1. The van der Waals surface area contributed by atoms with E-state index < -0.39 is 22.9 Å². The highest BCUT2D eigenvalue weighted by Gasteiger charge is 2.33. The van der Waals surface area contributed by atoms with Crippen molar-refractivity contribution in [3.8, 4) is 6.07 Å². The van der Waals surface area contributed by atoms with E-state index in [4.69, 9.17) is 5.26 Å². The second-order valence-electron chi connectivity index (χ2n) is 2.64. The summed E-state index contributed by atoms with van der Waals surface area (Å²) < 4.78 is 36.8. The molecule has 0 radical (unpaired) electrons. The Balaban J connectivity index is 3.54. The van der Waals surface area contributed by atoms with Crippen LogP contribution in [-0.2, 0) is 6.18 Å². The summed E-state index contributed by atoms with van der Waals surface area (Å²) in [7, 11) is 0. The van der Waals surface area contributed by atoms with Gasteiger partial charge in [0.05, 0.1) is 5.56 Å². The Morgan fingerprint density at radius 2 is 2.07 bits per heavy atom. The van der Waals surface area contributed by atoms with Crippen LogP contribution in [0.5, 0.6) is 0 Å². The molecule has 0 atom stereocenters. The predicted octanol–water partition coefficient (Wildman–Crippen LogP) is 1.57. The molecule has 0 aliphatic rings. The lowest BCUT2D eigenvalue weighted by atomic mass is 10.1. The molecule has 0 amide bonds. The fourth-order valence-electron chi connectivity index (χ4n) is 1.05. The minimum Gasteiger partial charge on any atom is -0.327 e. The Bertz CT molecular complexity index is 453. The average molecular weight is 202 g/mol. The highest BCUT2D eigenvalue weighted by molar-refractivity contribution is 5.40. The second kappa shape index (κ2) is 3.18. The van der Waals surface area contributed by atoms with Gasteiger partial charge in [-0.2, -0.15) is 18.4 Å². The third kappa shape index (κ3) is 1.62. The molecule has 14 heavy (non-hydrogen) atoms. The van der Waals surface area contributed by atoms with Gasteiger partial charge in [0.2, 0.25) is 0 Å². The van der Waals surface area contributed by atoms with E-state index in [1.165, 1.54) is 6.07 Å². The monoisotopic (exact) mass is 202 g/mol. The van der Waals surface area contributed by atoms with Crippen LogP contribution < -0.4 is 5.56 Å². The van der Waals surface area contributed by atoms with Crippen LogP contribution in [0.15, 0.2) is 11.0 Å². The molecule has 0 spiro atoms. The Kier molecular flexibility index (Phi) is 2.34. The highest BCUT2D eigenvalue weighted by Crippen LogP contribution is 2.31. The Morgan fingerprint density at radius 1 is 1.50 bits per heavy atom. The van der Waals surface area contributed by atoms with Crippen molar-refractivity contribution in [3.63, 3.8) is 0 Å². The molecular weight excluding hydrogens is 197 g/mol.